The summed E-state index contributed by atoms with van der Waals surface area (Å²) in [7, 11) is 0. The molecule has 0 saturated heterocycles. The molecular formula is C17H34IN3O. The number of halogens is 1. The molecule has 0 radical (unpaired) electrons. The molecule has 2 aliphatic carbocycles. The summed E-state index contributed by atoms with van der Waals surface area (Å²) in [6.07, 6.45) is 6.88. The van der Waals surface area contributed by atoms with Crippen molar-refractivity contribution < 1.29 is 5.11 Å². The van der Waals surface area contributed by atoms with E-state index >= 15 is 0 Å². The molecule has 0 bridgehead atoms. The van der Waals surface area contributed by atoms with Gasteiger partial charge in [-0.3, -0.25) is 4.99 Å². The van der Waals surface area contributed by atoms with E-state index in [0.717, 1.165) is 50.1 Å². The van der Waals surface area contributed by atoms with Crippen LogP contribution in [-0.4, -0.2) is 36.3 Å². The number of nitrogens with one attached hydrogen (secondary N) is 2. The largest absolute Gasteiger partial charge is 0.393 e. The number of guanidine groups is 1. The fourth-order valence-electron chi connectivity index (χ4n) is 4.02. The van der Waals surface area contributed by atoms with Crippen LogP contribution in [0.5, 0.6) is 0 Å². The smallest absolute Gasteiger partial charge is 0.191 e. The predicted octanol–water partition coefficient (Wildman–Crippen LogP) is 3.15. The van der Waals surface area contributed by atoms with Crippen LogP contribution >= 0.6 is 24.0 Å². The predicted molar refractivity (Wildman–Crippen MR) is 104 cm³/mol. The van der Waals surface area contributed by atoms with E-state index in [1.807, 2.05) is 0 Å². The lowest BCUT2D eigenvalue weighted by Crippen LogP contribution is -2.46. The highest BCUT2D eigenvalue weighted by Crippen LogP contribution is 2.28. The molecule has 2 rings (SSSR count). The van der Waals surface area contributed by atoms with E-state index in [1.54, 1.807) is 0 Å². The molecule has 4 nitrogen and oxygen atoms in total. The van der Waals surface area contributed by atoms with Crippen LogP contribution in [0.25, 0.3) is 0 Å². The monoisotopic (exact) mass is 423 g/mol. The van der Waals surface area contributed by atoms with Crippen LogP contribution in [0, 0.1) is 17.8 Å². The first-order valence-corrected chi connectivity index (χ1v) is 8.81. The van der Waals surface area contributed by atoms with E-state index in [0.29, 0.717) is 12.0 Å². The molecule has 4 unspecified atom stereocenters. The Balaban J connectivity index is 0.00000242. The minimum atomic E-state index is -0.147. The second kappa shape index (κ2) is 9.96. The zero-order valence-electron chi connectivity index (χ0n) is 14.3. The van der Waals surface area contributed by atoms with Crippen LogP contribution in [-0.2, 0) is 0 Å². The van der Waals surface area contributed by atoms with E-state index in [2.05, 4.69) is 31.4 Å². The van der Waals surface area contributed by atoms with Gasteiger partial charge in [0.1, 0.15) is 0 Å². The highest BCUT2D eigenvalue weighted by Gasteiger charge is 2.26. The summed E-state index contributed by atoms with van der Waals surface area (Å²) in [6, 6.07) is 0.537. The summed E-state index contributed by atoms with van der Waals surface area (Å²) in [5, 5.41) is 16.9. The fraction of sp³-hybridized carbons (Fsp3) is 0.941. The molecule has 0 aromatic rings. The second-order valence-electron chi connectivity index (χ2n) is 7.24. The van der Waals surface area contributed by atoms with Crippen LogP contribution in [0.4, 0.5) is 0 Å². The van der Waals surface area contributed by atoms with Gasteiger partial charge in [-0.2, -0.15) is 0 Å². The van der Waals surface area contributed by atoms with Crippen molar-refractivity contribution in [3.8, 4) is 0 Å². The second-order valence-corrected chi connectivity index (χ2v) is 7.24. The summed E-state index contributed by atoms with van der Waals surface area (Å²) in [5.74, 6) is 2.88. The van der Waals surface area contributed by atoms with Gasteiger partial charge in [0.05, 0.1) is 6.10 Å². The summed E-state index contributed by atoms with van der Waals surface area (Å²) < 4.78 is 0. The van der Waals surface area contributed by atoms with Crippen molar-refractivity contribution in [2.24, 2.45) is 22.7 Å². The normalized spacial score (nSPS) is 35.8. The van der Waals surface area contributed by atoms with Crippen molar-refractivity contribution in [1.29, 1.82) is 0 Å². The molecule has 0 heterocycles. The zero-order chi connectivity index (χ0) is 15.2. The Bertz CT molecular complexity index is 341. The van der Waals surface area contributed by atoms with Crippen LogP contribution in [0.2, 0.25) is 0 Å². The van der Waals surface area contributed by atoms with Crippen molar-refractivity contribution in [1.82, 2.24) is 10.6 Å². The lowest BCUT2D eigenvalue weighted by Gasteiger charge is -2.33. The molecule has 0 spiro atoms. The number of aliphatic hydroxyl groups excluding tert-OH is 1. The Morgan fingerprint density at radius 1 is 1.14 bits per heavy atom. The summed E-state index contributed by atoms with van der Waals surface area (Å²) in [6.45, 7) is 8.44. The van der Waals surface area contributed by atoms with E-state index in [9.17, 15) is 5.11 Å². The van der Waals surface area contributed by atoms with Gasteiger partial charge >= 0.3 is 0 Å². The Morgan fingerprint density at radius 3 is 2.36 bits per heavy atom. The van der Waals surface area contributed by atoms with Gasteiger partial charge < -0.3 is 15.7 Å². The van der Waals surface area contributed by atoms with Gasteiger partial charge in [-0.1, -0.05) is 20.3 Å². The summed E-state index contributed by atoms with van der Waals surface area (Å²) in [5.41, 5.74) is 0. The molecule has 3 N–H and O–H groups in total. The quantitative estimate of drug-likeness (QED) is 0.370. The Kier molecular flexibility index (Phi) is 9.05. The van der Waals surface area contributed by atoms with Crippen molar-refractivity contribution in [3.05, 3.63) is 0 Å². The highest BCUT2D eigenvalue weighted by molar-refractivity contribution is 14.0. The van der Waals surface area contributed by atoms with Gasteiger partial charge in [-0.15, -0.1) is 24.0 Å². The number of hydrogen-bond acceptors (Lipinski definition) is 2. The SMILES string of the molecule is CCNC(=NCC1CCCC1O)NC1CC(C)CC(C)C1.I. The van der Waals surface area contributed by atoms with E-state index < -0.39 is 0 Å². The summed E-state index contributed by atoms with van der Waals surface area (Å²) in [4.78, 5) is 4.72. The maximum absolute atomic E-state index is 9.91. The van der Waals surface area contributed by atoms with Crippen molar-refractivity contribution in [2.75, 3.05) is 13.1 Å². The van der Waals surface area contributed by atoms with Gasteiger partial charge in [0.25, 0.3) is 0 Å². The molecule has 0 aliphatic heterocycles. The minimum Gasteiger partial charge on any atom is -0.393 e. The average Bonchev–Trinajstić information content (AvgIpc) is 2.80. The molecule has 22 heavy (non-hydrogen) atoms. The van der Waals surface area contributed by atoms with Crippen molar-refractivity contribution >= 4 is 29.9 Å². The van der Waals surface area contributed by atoms with Crippen molar-refractivity contribution in [2.45, 2.75) is 71.4 Å². The topological polar surface area (TPSA) is 56.7 Å². The molecule has 2 aliphatic rings. The maximum atomic E-state index is 9.91. The van der Waals surface area contributed by atoms with Gasteiger partial charge in [0, 0.05) is 25.0 Å². The Morgan fingerprint density at radius 2 is 1.82 bits per heavy atom. The van der Waals surface area contributed by atoms with Gasteiger partial charge in [-0.25, -0.2) is 0 Å². The minimum absolute atomic E-state index is 0. The van der Waals surface area contributed by atoms with Gasteiger partial charge in [0.2, 0.25) is 0 Å². The molecule has 4 atom stereocenters. The molecule has 0 aromatic heterocycles. The lowest BCUT2D eigenvalue weighted by atomic mass is 9.80. The van der Waals surface area contributed by atoms with Gasteiger partial charge in [-0.05, 0) is 50.9 Å². The van der Waals surface area contributed by atoms with E-state index in [-0.39, 0.29) is 30.1 Å². The van der Waals surface area contributed by atoms with Gasteiger partial charge in [0.15, 0.2) is 5.96 Å². The average molecular weight is 423 g/mol. The Hall–Kier alpha value is -0.0400. The lowest BCUT2D eigenvalue weighted by molar-refractivity contribution is 0.136. The van der Waals surface area contributed by atoms with Crippen LogP contribution in [0.1, 0.15) is 59.3 Å². The zero-order valence-corrected chi connectivity index (χ0v) is 16.7. The van der Waals surface area contributed by atoms with Crippen LogP contribution in [0.3, 0.4) is 0 Å². The first-order chi connectivity index (χ1) is 10.1. The Labute approximate surface area is 152 Å². The number of nitrogens with zero attached hydrogens (tertiary/aromatic N) is 1. The molecule has 2 saturated carbocycles. The number of aliphatic imine (C=N–C) groups is 1. The third-order valence-corrected chi connectivity index (χ3v) is 4.97. The van der Waals surface area contributed by atoms with Crippen LogP contribution < -0.4 is 10.6 Å². The fourth-order valence-corrected chi connectivity index (χ4v) is 4.02. The number of hydrogen-bond donors (Lipinski definition) is 3. The molecule has 5 heteroatoms. The maximum Gasteiger partial charge on any atom is 0.191 e. The first kappa shape index (κ1) is 20.0. The molecule has 2 fully saturated rings. The molecule has 130 valence electrons. The third kappa shape index (κ3) is 6.22. The third-order valence-electron chi connectivity index (χ3n) is 4.97. The van der Waals surface area contributed by atoms with Crippen LogP contribution in [0.15, 0.2) is 4.99 Å². The highest BCUT2D eigenvalue weighted by atomic mass is 127. The molecular weight excluding hydrogens is 389 g/mol. The molecule has 0 amide bonds. The summed E-state index contributed by atoms with van der Waals surface area (Å²) >= 11 is 0. The molecule has 0 aromatic carbocycles. The standard InChI is InChI=1S/C17H33N3O.HI/c1-4-18-17(19-11-14-6-5-7-16(14)21)20-15-9-12(2)8-13(3)10-15;/h12-16,21H,4-11H2,1-3H3,(H2,18,19,20);1H. The van der Waals surface area contributed by atoms with E-state index in [1.165, 1.54) is 19.3 Å². The number of rotatable bonds is 4. The first-order valence-electron chi connectivity index (χ1n) is 8.81. The van der Waals surface area contributed by atoms with Crippen molar-refractivity contribution in [3.63, 3.8) is 0 Å². The number of aliphatic hydroxyl groups is 1. The van der Waals surface area contributed by atoms with E-state index in [4.69, 9.17) is 4.99 Å².